The number of carbonyl (C=O) groups excluding carboxylic acids is 1. The van der Waals surface area contributed by atoms with Gasteiger partial charge in [0.05, 0.1) is 10.7 Å². The molecule has 0 fully saturated rings. The van der Waals surface area contributed by atoms with Crippen molar-refractivity contribution in [2.24, 2.45) is 0 Å². The van der Waals surface area contributed by atoms with Gasteiger partial charge in [-0.15, -0.1) is 0 Å². The summed E-state index contributed by atoms with van der Waals surface area (Å²) in [6, 6.07) is 26.2. The van der Waals surface area contributed by atoms with E-state index in [0.717, 1.165) is 16.7 Å². The lowest BCUT2D eigenvalue weighted by Gasteiger charge is -2.14. The van der Waals surface area contributed by atoms with Gasteiger partial charge in [0.25, 0.3) is 15.9 Å². The third kappa shape index (κ3) is 6.05. The van der Waals surface area contributed by atoms with Gasteiger partial charge in [0.1, 0.15) is 17.3 Å². The maximum absolute atomic E-state index is 13.1. The van der Waals surface area contributed by atoms with Crippen LogP contribution >= 0.6 is 11.6 Å². The van der Waals surface area contributed by atoms with Crippen LogP contribution in [0.15, 0.2) is 95.9 Å². The summed E-state index contributed by atoms with van der Waals surface area (Å²) in [5.41, 5.74) is 3.96. The Morgan fingerprint density at radius 1 is 0.889 bits per heavy atom. The molecule has 4 aromatic rings. The summed E-state index contributed by atoms with van der Waals surface area (Å²) < 4.78 is 34.5. The topological polar surface area (TPSA) is 84.5 Å². The van der Waals surface area contributed by atoms with Crippen LogP contribution in [0.25, 0.3) is 0 Å². The fourth-order valence-electron chi connectivity index (χ4n) is 3.49. The molecule has 0 saturated heterocycles. The summed E-state index contributed by atoms with van der Waals surface area (Å²) in [6.07, 6.45) is 0. The molecule has 2 N–H and O–H groups in total. The minimum absolute atomic E-state index is 0.0178. The minimum atomic E-state index is -4.03. The number of hydrogen-bond acceptors (Lipinski definition) is 4. The Balaban J connectivity index is 1.46. The molecule has 6 nitrogen and oxygen atoms in total. The zero-order valence-electron chi connectivity index (χ0n) is 19.8. The highest BCUT2D eigenvalue weighted by atomic mass is 35.5. The highest BCUT2D eigenvalue weighted by molar-refractivity contribution is 7.92. The molecule has 0 atom stereocenters. The zero-order valence-corrected chi connectivity index (χ0v) is 21.4. The second kappa shape index (κ2) is 10.8. The molecule has 36 heavy (non-hydrogen) atoms. The quantitative estimate of drug-likeness (QED) is 0.274. The van der Waals surface area contributed by atoms with Crippen LogP contribution in [0.5, 0.6) is 5.75 Å². The number of amides is 1. The first-order valence-corrected chi connectivity index (χ1v) is 13.1. The van der Waals surface area contributed by atoms with Crippen LogP contribution < -0.4 is 14.8 Å². The SMILES string of the molecule is Cc1cccc(NS(=O)(=O)c2cc(C(=O)Nc3ccc(OCc4ccccc4)cc3)ccc2Cl)c1C. The maximum atomic E-state index is 13.1. The van der Waals surface area contributed by atoms with Gasteiger partial charge in [0.15, 0.2) is 0 Å². The number of nitrogens with one attached hydrogen (secondary N) is 2. The molecule has 0 radical (unpaired) electrons. The number of hydrogen-bond donors (Lipinski definition) is 2. The molecule has 1 amide bonds. The van der Waals surface area contributed by atoms with Gasteiger partial charge < -0.3 is 10.1 Å². The lowest BCUT2D eigenvalue weighted by atomic mass is 10.1. The van der Waals surface area contributed by atoms with Crippen LogP contribution in [0.1, 0.15) is 27.0 Å². The van der Waals surface area contributed by atoms with Crippen molar-refractivity contribution < 1.29 is 17.9 Å². The molecular formula is C28H25ClN2O4S. The van der Waals surface area contributed by atoms with E-state index in [4.69, 9.17) is 16.3 Å². The molecule has 184 valence electrons. The Morgan fingerprint density at radius 2 is 1.61 bits per heavy atom. The van der Waals surface area contributed by atoms with Crippen molar-refractivity contribution >= 4 is 38.9 Å². The molecule has 0 saturated carbocycles. The van der Waals surface area contributed by atoms with Crippen molar-refractivity contribution in [1.82, 2.24) is 0 Å². The largest absolute Gasteiger partial charge is 0.489 e. The number of anilines is 2. The van der Waals surface area contributed by atoms with Gasteiger partial charge in [-0.3, -0.25) is 9.52 Å². The lowest BCUT2D eigenvalue weighted by molar-refractivity contribution is 0.102. The number of benzene rings is 4. The third-order valence-electron chi connectivity index (χ3n) is 5.69. The van der Waals surface area contributed by atoms with E-state index in [1.54, 1.807) is 36.4 Å². The summed E-state index contributed by atoms with van der Waals surface area (Å²) in [7, 11) is -4.03. The number of rotatable bonds is 8. The standard InChI is InChI=1S/C28H25ClN2O4S/c1-19-7-6-10-26(20(19)2)31-36(33,34)27-17-22(11-16-25(27)29)28(32)30-23-12-14-24(15-13-23)35-18-21-8-4-3-5-9-21/h3-17,31H,18H2,1-2H3,(H,30,32). The average molecular weight is 521 g/mol. The van der Waals surface area contributed by atoms with Crippen molar-refractivity contribution in [2.75, 3.05) is 10.0 Å². The van der Waals surface area contributed by atoms with Gasteiger partial charge >= 0.3 is 0 Å². The van der Waals surface area contributed by atoms with Crippen LogP contribution in [-0.4, -0.2) is 14.3 Å². The number of aryl methyl sites for hydroxylation is 1. The number of sulfonamides is 1. The number of ether oxygens (including phenoxy) is 1. The molecule has 0 aromatic heterocycles. The summed E-state index contributed by atoms with van der Waals surface area (Å²) in [6.45, 7) is 4.16. The van der Waals surface area contributed by atoms with Gasteiger partial charge in [0.2, 0.25) is 0 Å². The predicted molar refractivity (Wildman–Crippen MR) is 143 cm³/mol. The molecule has 4 rings (SSSR count). The van der Waals surface area contributed by atoms with Crippen LogP contribution in [0, 0.1) is 13.8 Å². The molecule has 0 aliphatic rings. The highest BCUT2D eigenvalue weighted by Gasteiger charge is 2.21. The van der Waals surface area contributed by atoms with Crippen LogP contribution in [0.3, 0.4) is 0 Å². The van der Waals surface area contributed by atoms with Crippen molar-refractivity contribution in [3.63, 3.8) is 0 Å². The first-order valence-electron chi connectivity index (χ1n) is 11.2. The van der Waals surface area contributed by atoms with E-state index in [9.17, 15) is 13.2 Å². The first-order chi connectivity index (χ1) is 17.2. The van der Waals surface area contributed by atoms with Crippen molar-refractivity contribution in [3.8, 4) is 5.75 Å². The van der Waals surface area contributed by atoms with Crippen molar-refractivity contribution in [3.05, 3.63) is 118 Å². The normalized spacial score (nSPS) is 11.1. The van der Waals surface area contributed by atoms with E-state index in [-0.39, 0.29) is 15.5 Å². The van der Waals surface area contributed by atoms with E-state index < -0.39 is 15.9 Å². The van der Waals surface area contributed by atoms with Gasteiger partial charge in [-0.25, -0.2) is 8.42 Å². The van der Waals surface area contributed by atoms with Gasteiger partial charge in [-0.1, -0.05) is 54.1 Å². The number of halogens is 1. The van der Waals surface area contributed by atoms with Gasteiger partial charge in [-0.05, 0) is 79.1 Å². The Labute approximate surface area is 216 Å². The zero-order chi connectivity index (χ0) is 25.7. The Bertz CT molecular complexity index is 1490. The summed E-state index contributed by atoms with van der Waals surface area (Å²) in [4.78, 5) is 12.7. The molecular weight excluding hydrogens is 496 g/mol. The van der Waals surface area contributed by atoms with E-state index >= 15 is 0 Å². The van der Waals surface area contributed by atoms with Crippen molar-refractivity contribution in [2.45, 2.75) is 25.3 Å². The minimum Gasteiger partial charge on any atom is -0.489 e. The maximum Gasteiger partial charge on any atom is 0.263 e. The number of carbonyl (C=O) groups is 1. The van der Waals surface area contributed by atoms with E-state index in [0.29, 0.717) is 23.7 Å². The fraction of sp³-hybridized carbons (Fsp3) is 0.107. The second-order valence-electron chi connectivity index (χ2n) is 8.25. The fourth-order valence-corrected chi connectivity index (χ4v) is 5.14. The third-order valence-corrected chi connectivity index (χ3v) is 7.54. The summed E-state index contributed by atoms with van der Waals surface area (Å²) in [5, 5.41) is 2.79. The lowest BCUT2D eigenvalue weighted by Crippen LogP contribution is -2.17. The second-order valence-corrected chi connectivity index (χ2v) is 10.3. The van der Waals surface area contributed by atoms with E-state index in [1.165, 1.54) is 18.2 Å². The summed E-state index contributed by atoms with van der Waals surface area (Å²) >= 11 is 6.21. The molecule has 8 heteroatoms. The van der Waals surface area contributed by atoms with E-state index in [2.05, 4.69) is 10.0 Å². The molecule has 4 aromatic carbocycles. The average Bonchev–Trinajstić information content (AvgIpc) is 2.87. The monoisotopic (exact) mass is 520 g/mol. The Morgan fingerprint density at radius 3 is 2.33 bits per heavy atom. The Kier molecular flexibility index (Phi) is 7.62. The molecule has 0 aliphatic carbocycles. The van der Waals surface area contributed by atoms with Crippen LogP contribution in [-0.2, 0) is 16.6 Å². The Hall–Kier alpha value is -3.81. The smallest absolute Gasteiger partial charge is 0.263 e. The van der Waals surface area contributed by atoms with Crippen LogP contribution in [0.2, 0.25) is 5.02 Å². The molecule has 0 heterocycles. The van der Waals surface area contributed by atoms with Crippen LogP contribution in [0.4, 0.5) is 11.4 Å². The van der Waals surface area contributed by atoms with Gasteiger partial charge in [-0.2, -0.15) is 0 Å². The summed E-state index contributed by atoms with van der Waals surface area (Å²) in [5.74, 6) is 0.196. The van der Waals surface area contributed by atoms with Crippen molar-refractivity contribution in [1.29, 1.82) is 0 Å². The van der Waals surface area contributed by atoms with E-state index in [1.807, 2.05) is 50.2 Å². The molecule has 0 aliphatic heterocycles. The first kappa shape index (κ1) is 25.3. The van der Waals surface area contributed by atoms with Gasteiger partial charge in [0, 0.05) is 11.3 Å². The molecule has 0 spiro atoms. The molecule has 0 unspecified atom stereocenters. The highest BCUT2D eigenvalue weighted by Crippen LogP contribution is 2.28. The molecule has 0 bridgehead atoms. The predicted octanol–water partition coefficient (Wildman–Crippen LogP) is 6.59.